The summed E-state index contributed by atoms with van der Waals surface area (Å²) < 4.78 is 0. The van der Waals surface area contributed by atoms with E-state index in [1.165, 1.54) is 12.1 Å². The van der Waals surface area contributed by atoms with Gasteiger partial charge in [-0.1, -0.05) is 18.7 Å². The maximum absolute atomic E-state index is 10.8. The molecule has 0 aliphatic carbocycles. The van der Waals surface area contributed by atoms with E-state index in [-0.39, 0.29) is 0 Å². The van der Waals surface area contributed by atoms with Gasteiger partial charge in [0.15, 0.2) is 5.56 Å². The summed E-state index contributed by atoms with van der Waals surface area (Å²) in [5, 5.41) is 31.1. The summed E-state index contributed by atoms with van der Waals surface area (Å²) in [6.45, 7) is 3.10. The number of hydrogen-bond donors (Lipinski definition) is 1. The van der Waals surface area contributed by atoms with E-state index in [9.17, 15) is 25.3 Å². The standard InChI is InChI=1S/C9H8N2O5/c1-2-9(10(13)14,11(15)16)7-5-3-4-6-8(7)12/h2-6,12H,1H2. The lowest BCUT2D eigenvalue weighted by Gasteiger charge is -2.14. The van der Waals surface area contributed by atoms with Gasteiger partial charge in [0.25, 0.3) is 0 Å². The summed E-state index contributed by atoms with van der Waals surface area (Å²) in [5.41, 5.74) is -3.13. The minimum Gasteiger partial charge on any atom is -0.507 e. The molecule has 1 aromatic carbocycles. The normalized spacial score (nSPS) is 10.8. The van der Waals surface area contributed by atoms with Crippen LogP contribution in [0, 0.1) is 20.2 Å². The van der Waals surface area contributed by atoms with E-state index in [0.29, 0.717) is 6.08 Å². The molecule has 16 heavy (non-hydrogen) atoms. The average molecular weight is 224 g/mol. The molecule has 0 unspecified atom stereocenters. The smallest absolute Gasteiger partial charge is 0.506 e. The second-order valence-corrected chi connectivity index (χ2v) is 2.96. The van der Waals surface area contributed by atoms with Gasteiger partial charge in [-0.05, 0) is 12.1 Å². The van der Waals surface area contributed by atoms with Crippen LogP contribution in [0.25, 0.3) is 0 Å². The van der Waals surface area contributed by atoms with E-state index < -0.39 is 26.8 Å². The molecule has 0 radical (unpaired) electrons. The van der Waals surface area contributed by atoms with Crippen LogP contribution in [0.15, 0.2) is 36.9 Å². The molecule has 0 aliphatic rings. The average Bonchev–Trinajstić information content (AvgIpc) is 2.21. The predicted molar refractivity (Wildman–Crippen MR) is 54.0 cm³/mol. The molecular formula is C9H8N2O5. The second-order valence-electron chi connectivity index (χ2n) is 2.96. The van der Waals surface area contributed by atoms with Crippen LogP contribution in [0.2, 0.25) is 0 Å². The molecule has 1 N–H and O–H groups in total. The monoisotopic (exact) mass is 224 g/mol. The molecule has 0 aliphatic heterocycles. The number of benzene rings is 1. The Bertz CT molecular complexity index is 443. The third-order valence-corrected chi connectivity index (χ3v) is 2.14. The molecule has 0 heterocycles. The maximum Gasteiger partial charge on any atom is 0.506 e. The first-order chi connectivity index (χ1) is 7.46. The van der Waals surface area contributed by atoms with Crippen molar-refractivity contribution >= 4 is 0 Å². The van der Waals surface area contributed by atoms with Crippen LogP contribution in [0.1, 0.15) is 5.56 Å². The van der Waals surface area contributed by atoms with Crippen LogP contribution in [0.4, 0.5) is 0 Å². The number of para-hydroxylation sites is 1. The molecule has 1 aromatic rings. The van der Waals surface area contributed by atoms with Crippen LogP contribution in [-0.4, -0.2) is 15.0 Å². The Morgan fingerprint density at radius 1 is 1.25 bits per heavy atom. The molecular weight excluding hydrogens is 216 g/mol. The zero-order valence-electron chi connectivity index (χ0n) is 8.07. The first-order valence-corrected chi connectivity index (χ1v) is 4.18. The zero-order valence-corrected chi connectivity index (χ0v) is 8.07. The van der Waals surface area contributed by atoms with Gasteiger partial charge in [0.2, 0.25) is 0 Å². The molecule has 0 saturated carbocycles. The molecule has 7 heteroatoms. The SMILES string of the molecule is C=CC(c1ccccc1O)([N+](=O)[O-])[N+](=O)[O-]. The van der Waals surface area contributed by atoms with Gasteiger partial charge in [-0.3, -0.25) is 20.2 Å². The molecule has 0 aromatic heterocycles. The highest BCUT2D eigenvalue weighted by Gasteiger charge is 2.56. The zero-order chi connectivity index (χ0) is 12.3. The van der Waals surface area contributed by atoms with Gasteiger partial charge >= 0.3 is 5.66 Å². The van der Waals surface area contributed by atoms with E-state index in [1.807, 2.05) is 0 Å². The second kappa shape index (κ2) is 3.97. The number of rotatable bonds is 4. The number of nitro groups is 2. The Morgan fingerprint density at radius 2 is 1.75 bits per heavy atom. The first kappa shape index (κ1) is 11.6. The van der Waals surface area contributed by atoms with E-state index in [2.05, 4.69) is 6.58 Å². The minimum atomic E-state index is -2.72. The summed E-state index contributed by atoms with van der Waals surface area (Å²) in [4.78, 5) is 19.5. The highest BCUT2D eigenvalue weighted by atomic mass is 16.7. The molecule has 84 valence electrons. The Balaban J connectivity index is 3.55. The molecule has 0 bridgehead atoms. The maximum atomic E-state index is 10.8. The lowest BCUT2D eigenvalue weighted by molar-refractivity contribution is -0.794. The number of aromatic hydroxyl groups is 1. The summed E-state index contributed by atoms with van der Waals surface area (Å²) in [7, 11) is 0. The Labute approximate surface area is 89.9 Å². The minimum absolute atomic E-state index is 0.417. The third-order valence-electron chi connectivity index (χ3n) is 2.14. The Morgan fingerprint density at radius 3 is 2.12 bits per heavy atom. The fourth-order valence-electron chi connectivity index (χ4n) is 1.31. The molecule has 0 amide bonds. The molecule has 7 nitrogen and oxygen atoms in total. The van der Waals surface area contributed by atoms with Gasteiger partial charge in [-0.2, -0.15) is 0 Å². The van der Waals surface area contributed by atoms with E-state index in [1.54, 1.807) is 0 Å². The fourth-order valence-corrected chi connectivity index (χ4v) is 1.31. The van der Waals surface area contributed by atoms with E-state index >= 15 is 0 Å². The van der Waals surface area contributed by atoms with Crippen LogP contribution in [-0.2, 0) is 5.66 Å². The summed E-state index contributed by atoms with van der Waals surface area (Å²) >= 11 is 0. The van der Waals surface area contributed by atoms with Crippen LogP contribution >= 0.6 is 0 Å². The van der Waals surface area contributed by atoms with E-state index in [0.717, 1.165) is 12.1 Å². The summed E-state index contributed by atoms with van der Waals surface area (Å²) in [5.74, 6) is -0.518. The highest BCUT2D eigenvalue weighted by Crippen LogP contribution is 2.33. The quantitative estimate of drug-likeness (QED) is 0.359. The highest BCUT2D eigenvalue weighted by molar-refractivity contribution is 5.37. The Hall–Kier alpha value is -2.44. The van der Waals surface area contributed by atoms with Crippen LogP contribution in [0.5, 0.6) is 5.75 Å². The molecule has 0 spiro atoms. The van der Waals surface area contributed by atoms with Crippen molar-refractivity contribution in [2.24, 2.45) is 0 Å². The van der Waals surface area contributed by atoms with Crippen molar-refractivity contribution in [3.05, 3.63) is 62.7 Å². The van der Waals surface area contributed by atoms with Crippen molar-refractivity contribution in [3.8, 4) is 5.75 Å². The largest absolute Gasteiger partial charge is 0.507 e. The number of nitrogens with zero attached hydrogens (tertiary/aromatic N) is 2. The first-order valence-electron chi connectivity index (χ1n) is 4.18. The van der Waals surface area contributed by atoms with Crippen molar-refractivity contribution in [2.75, 3.05) is 0 Å². The van der Waals surface area contributed by atoms with Crippen LogP contribution < -0.4 is 0 Å². The molecule has 0 saturated heterocycles. The third kappa shape index (κ3) is 1.48. The van der Waals surface area contributed by atoms with Crippen LogP contribution in [0.3, 0.4) is 0 Å². The predicted octanol–water partition coefficient (Wildman–Crippen LogP) is 1.28. The number of phenols is 1. The van der Waals surface area contributed by atoms with Crippen molar-refractivity contribution < 1.29 is 15.0 Å². The number of phenolic OH excluding ortho intramolecular Hbond substituents is 1. The molecule has 0 atom stereocenters. The van der Waals surface area contributed by atoms with Gasteiger partial charge in [-0.15, -0.1) is 0 Å². The van der Waals surface area contributed by atoms with Gasteiger partial charge in [0.05, 0.1) is 6.08 Å². The topological polar surface area (TPSA) is 107 Å². The Kier molecular flexibility index (Phi) is 2.89. The van der Waals surface area contributed by atoms with Gasteiger partial charge in [0, 0.05) is 0 Å². The van der Waals surface area contributed by atoms with E-state index in [4.69, 9.17) is 0 Å². The number of hydrogen-bond acceptors (Lipinski definition) is 5. The fraction of sp³-hybridized carbons (Fsp3) is 0.111. The van der Waals surface area contributed by atoms with Crippen molar-refractivity contribution in [2.45, 2.75) is 5.66 Å². The van der Waals surface area contributed by atoms with Gasteiger partial charge in [-0.25, -0.2) is 0 Å². The lowest BCUT2D eigenvalue weighted by Crippen LogP contribution is -2.41. The summed E-state index contributed by atoms with van der Waals surface area (Å²) in [6, 6.07) is 5.02. The van der Waals surface area contributed by atoms with Crippen molar-refractivity contribution in [1.82, 2.24) is 0 Å². The molecule has 0 fully saturated rings. The van der Waals surface area contributed by atoms with Gasteiger partial charge < -0.3 is 5.11 Å². The lowest BCUT2D eigenvalue weighted by atomic mass is 10.00. The van der Waals surface area contributed by atoms with Crippen molar-refractivity contribution in [1.29, 1.82) is 0 Å². The molecule has 1 rings (SSSR count). The van der Waals surface area contributed by atoms with Gasteiger partial charge in [0.1, 0.15) is 15.6 Å². The van der Waals surface area contributed by atoms with Crippen molar-refractivity contribution in [3.63, 3.8) is 0 Å². The summed E-state index contributed by atoms with van der Waals surface area (Å²) in [6.07, 6.45) is 0.585.